The van der Waals surface area contributed by atoms with Gasteiger partial charge in [-0.3, -0.25) is 19.8 Å². The van der Waals surface area contributed by atoms with Gasteiger partial charge in [0.25, 0.3) is 0 Å². The van der Waals surface area contributed by atoms with E-state index in [4.69, 9.17) is 5.41 Å². The first kappa shape index (κ1) is 37.6. The fraction of sp³-hybridized carbons (Fsp3) is 0.846. The number of nitrogens with one attached hydrogen (secondary N) is 2. The molecule has 0 aromatic carbocycles. The zero-order chi connectivity index (χ0) is 26.3. The van der Waals surface area contributed by atoms with Gasteiger partial charge in [0, 0.05) is 37.6 Å². The van der Waals surface area contributed by atoms with Crippen LogP contribution in [0, 0.1) is 29.1 Å². The van der Waals surface area contributed by atoms with Crippen LogP contribution >= 0.6 is 0 Å². The maximum absolute atomic E-state index is 10.9. The molecule has 0 saturated carbocycles. The van der Waals surface area contributed by atoms with Crippen LogP contribution in [0.4, 0.5) is 0 Å². The SMILES string of the molecule is CC(=O)C(C)C.CCC(=O)CC(C)C.CCCCNC(=O)C(C)C.COC(=N)CC(C)C. The molecule has 0 aromatic rings. The van der Waals surface area contributed by atoms with Gasteiger partial charge < -0.3 is 10.1 Å². The van der Waals surface area contributed by atoms with Gasteiger partial charge in [-0.1, -0.05) is 75.7 Å². The number of Topliss-reactive ketones (excluding diaryl/α,β-unsaturated/α-hetero) is 2. The summed E-state index contributed by atoms with van der Waals surface area (Å²) in [6.07, 6.45) is 4.40. The molecule has 2 N–H and O–H groups in total. The predicted molar refractivity (Wildman–Crippen MR) is 137 cm³/mol. The van der Waals surface area contributed by atoms with Crippen molar-refractivity contribution in [2.75, 3.05) is 13.7 Å². The van der Waals surface area contributed by atoms with E-state index < -0.39 is 0 Å². The van der Waals surface area contributed by atoms with Gasteiger partial charge in [-0.15, -0.1) is 0 Å². The Labute approximate surface area is 199 Å². The predicted octanol–water partition coefficient (Wildman–Crippen LogP) is 6.46. The Morgan fingerprint density at radius 2 is 1.28 bits per heavy atom. The Morgan fingerprint density at radius 3 is 1.47 bits per heavy atom. The van der Waals surface area contributed by atoms with Crippen LogP contribution in [0.15, 0.2) is 0 Å². The topological polar surface area (TPSA) is 96.3 Å². The molecule has 0 aliphatic carbocycles. The average Bonchev–Trinajstić information content (AvgIpc) is 2.68. The molecule has 6 nitrogen and oxygen atoms in total. The van der Waals surface area contributed by atoms with E-state index >= 15 is 0 Å². The molecule has 0 saturated heterocycles. The summed E-state index contributed by atoms with van der Waals surface area (Å²) < 4.78 is 4.64. The molecule has 0 rings (SSSR count). The standard InChI is InChI=1S/C8H17NO.C7H14O.C6H13NO.C5H10O/c1-4-5-6-9-8(10)7(2)3;1-4-7(8)5-6(2)3;1-5(2)4-6(7)8-3;1-4(2)5(3)6/h7H,4-6H2,1-3H3,(H,9,10);6H,4-5H2,1-3H3;5,7H,4H2,1-3H3;4H,1-3H3. The van der Waals surface area contributed by atoms with Crippen LogP contribution in [0.5, 0.6) is 0 Å². The van der Waals surface area contributed by atoms with Gasteiger partial charge in [0.05, 0.1) is 7.11 Å². The molecular formula is C26H54N2O4. The van der Waals surface area contributed by atoms with E-state index in [9.17, 15) is 14.4 Å². The van der Waals surface area contributed by atoms with Gasteiger partial charge in [0.15, 0.2) is 5.90 Å². The zero-order valence-corrected chi connectivity index (χ0v) is 23.2. The first-order chi connectivity index (χ1) is 14.7. The lowest BCUT2D eigenvalue weighted by Crippen LogP contribution is -2.28. The van der Waals surface area contributed by atoms with Crippen molar-refractivity contribution in [2.45, 2.75) is 108 Å². The van der Waals surface area contributed by atoms with Crippen LogP contribution in [-0.2, 0) is 19.1 Å². The smallest absolute Gasteiger partial charge is 0.222 e. The van der Waals surface area contributed by atoms with Crippen molar-refractivity contribution in [3.63, 3.8) is 0 Å². The van der Waals surface area contributed by atoms with Crippen molar-refractivity contribution in [3.8, 4) is 0 Å². The highest BCUT2D eigenvalue weighted by Crippen LogP contribution is 2.01. The number of ketones is 2. The maximum Gasteiger partial charge on any atom is 0.222 e. The van der Waals surface area contributed by atoms with Crippen molar-refractivity contribution < 1.29 is 19.1 Å². The summed E-state index contributed by atoms with van der Waals surface area (Å²) in [6.45, 7) is 22.3. The number of carbonyl (C=O) groups excluding carboxylic acids is 3. The minimum absolute atomic E-state index is 0.122. The number of ether oxygens (including phenoxy) is 1. The van der Waals surface area contributed by atoms with Crippen LogP contribution in [0.1, 0.15) is 108 Å². The van der Waals surface area contributed by atoms with E-state index in [1.807, 2.05) is 34.6 Å². The molecule has 192 valence electrons. The zero-order valence-electron chi connectivity index (χ0n) is 23.2. The van der Waals surface area contributed by atoms with Gasteiger partial charge in [-0.2, -0.15) is 0 Å². The highest BCUT2D eigenvalue weighted by atomic mass is 16.5. The van der Waals surface area contributed by atoms with E-state index in [0.717, 1.165) is 32.2 Å². The van der Waals surface area contributed by atoms with E-state index in [1.54, 1.807) is 6.92 Å². The average molecular weight is 459 g/mol. The Bertz CT molecular complexity index is 462. The molecule has 0 spiro atoms. The molecule has 0 bridgehead atoms. The summed E-state index contributed by atoms with van der Waals surface area (Å²) >= 11 is 0. The molecule has 0 aliphatic heterocycles. The van der Waals surface area contributed by atoms with Crippen molar-refractivity contribution in [3.05, 3.63) is 0 Å². The van der Waals surface area contributed by atoms with Gasteiger partial charge in [0.2, 0.25) is 5.91 Å². The molecular weight excluding hydrogens is 404 g/mol. The monoisotopic (exact) mass is 458 g/mol. The number of hydrogen-bond acceptors (Lipinski definition) is 5. The minimum Gasteiger partial charge on any atom is -0.484 e. The van der Waals surface area contributed by atoms with Crippen molar-refractivity contribution in [1.29, 1.82) is 5.41 Å². The Balaban J connectivity index is -0.000000166. The molecule has 0 unspecified atom stereocenters. The number of hydrogen-bond donors (Lipinski definition) is 2. The Kier molecular flexibility index (Phi) is 30.0. The maximum atomic E-state index is 10.9. The van der Waals surface area contributed by atoms with E-state index in [1.165, 1.54) is 7.11 Å². The molecule has 0 aliphatic rings. The molecule has 0 fully saturated rings. The summed E-state index contributed by atoms with van der Waals surface area (Å²) in [5, 5.41) is 9.89. The van der Waals surface area contributed by atoms with Gasteiger partial charge in [0.1, 0.15) is 11.6 Å². The number of amides is 1. The highest BCUT2D eigenvalue weighted by molar-refractivity contribution is 5.78. The lowest BCUT2D eigenvalue weighted by molar-refractivity contribution is -0.124. The molecule has 0 aromatic heterocycles. The Hall–Kier alpha value is -1.72. The summed E-state index contributed by atoms with van der Waals surface area (Å²) in [6, 6.07) is 0. The molecule has 0 atom stereocenters. The van der Waals surface area contributed by atoms with E-state index in [2.05, 4.69) is 44.7 Å². The van der Waals surface area contributed by atoms with Crippen LogP contribution in [-0.4, -0.2) is 37.0 Å². The normalized spacial score (nSPS) is 9.75. The molecule has 0 radical (unpaired) electrons. The second-order valence-corrected chi connectivity index (χ2v) is 9.28. The second kappa shape index (κ2) is 25.5. The van der Waals surface area contributed by atoms with Crippen molar-refractivity contribution in [1.82, 2.24) is 5.32 Å². The summed E-state index contributed by atoms with van der Waals surface area (Å²) in [7, 11) is 1.53. The number of unbranched alkanes of at least 4 members (excludes halogenated alkanes) is 1. The third kappa shape index (κ3) is 38.8. The molecule has 0 heterocycles. The van der Waals surface area contributed by atoms with Crippen LogP contribution in [0.3, 0.4) is 0 Å². The fourth-order valence-corrected chi connectivity index (χ4v) is 1.65. The molecule has 6 heteroatoms. The lowest BCUT2D eigenvalue weighted by atomic mass is 10.1. The minimum atomic E-state index is 0.122. The van der Waals surface area contributed by atoms with Crippen LogP contribution in [0.2, 0.25) is 0 Å². The first-order valence-corrected chi connectivity index (χ1v) is 12.1. The third-order valence-corrected chi connectivity index (χ3v) is 4.04. The third-order valence-electron chi connectivity index (χ3n) is 4.04. The Morgan fingerprint density at radius 1 is 0.844 bits per heavy atom. The first-order valence-electron chi connectivity index (χ1n) is 12.1. The lowest BCUT2D eigenvalue weighted by Gasteiger charge is -2.05. The number of rotatable bonds is 10. The summed E-state index contributed by atoms with van der Waals surface area (Å²) in [5.74, 6) is 2.57. The van der Waals surface area contributed by atoms with E-state index in [0.29, 0.717) is 29.9 Å². The highest BCUT2D eigenvalue weighted by Gasteiger charge is 2.03. The molecule has 1 amide bonds. The fourth-order valence-electron chi connectivity index (χ4n) is 1.65. The summed E-state index contributed by atoms with van der Waals surface area (Å²) in [4.78, 5) is 31.7. The van der Waals surface area contributed by atoms with E-state index in [-0.39, 0.29) is 23.5 Å². The van der Waals surface area contributed by atoms with Crippen LogP contribution in [0.25, 0.3) is 0 Å². The van der Waals surface area contributed by atoms with Crippen molar-refractivity contribution >= 4 is 23.4 Å². The number of methoxy groups -OCH3 is 1. The largest absolute Gasteiger partial charge is 0.484 e. The van der Waals surface area contributed by atoms with Crippen LogP contribution < -0.4 is 5.32 Å². The number of carbonyl (C=O) groups is 3. The van der Waals surface area contributed by atoms with Gasteiger partial charge in [-0.05, 0) is 25.2 Å². The van der Waals surface area contributed by atoms with Gasteiger partial charge >= 0.3 is 0 Å². The molecule has 32 heavy (non-hydrogen) atoms. The summed E-state index contributed by atoms with van der Waals surface area (Å²) in [5.41, 5.74) is 0. The van der Waals surface area contributed by atoms with Gasteiger partial charge in [-0.25, -0.2) is 0 Å². The second-order valence-electron chi connectivity index (χ2n) is 9.28. The van der Waals surface area contributed by atoms with Crippen molar-refractivity contribution in [2.24, 2.45) is 23.7 Å². The quantitative estimate of drug-likeness (QED) is 0.223.